The molecule has 0 unspecified atom stereocenters. The fraction of sp³-hybridized carbons (Fsp3) is 0.538. The highest BCUT2D eigenvalue weighted by Crippen LogP contribution is 2.32. The van der Waals surface area contributed by atoms with Crippen molar-refractivity contribution in [1.82, 2.24) is 10.2 Å². The summed E-state index contributed by atoms with van der Waals surface area (Å²) in [5.74, 6) is 0. The average Bonchev–Trinajstić information content (AvgIpc) is 2.38. The van der Waals surface area contributed by atoms with Gasteiger partial charge in [0.15, 0.2) is 0 Å². The van der Waals surface area contributed by atoms with E-state index in [0.29, 0.717) is 16.5 Å². The summed E-state index contributed by atoms with van der Waals surface area (Å²) in [6.07, 6.45) is 0.474. The molecule has 0 radical (unpaired) electrons. The van der Waals surface area contributed by atoms with E-state index in [4.69, 9.17) is 23.2 Å². The molecule has 19 heavy (non-hydrogen) atoms. The normalized spacial score (nSPS) is 17.8. The van der Waals surface area contributed by atoms with Crippen LogP contribution in [0.5, 0.6) is 0 Å². The summed E-state index contributed by atoms with van der Waals surface area (Å²) in [4.78, 5) is 2.28. The molecule has 1 aromatic carbocycles. The fourth-order valence-electron chi connectivity index (χ4n) is 2.40. The maximum Gasteiger partial charge on any atom is 0.0912 e. The zero-order chi connectivity index (χ0) is 13.0. The molecule has 0 saturated carbocycles. The minimum absolute atomic E-state index is 0. The Morgan fingerprint density at radius 3 is 2.53 bits per heavy atom. The Hall–Kier alpha value is -0.0600. The quantitative estimate of drug-likeness (QED) is 0.906. The molecule has 1 fully saturated rings. The van der Waals surface area contributed by atoms with Crippen molar-refractivity contribution in [3.63, 3.8) is 0 Å². The van der Waals surface area contributed by atoms with Gasteiger partial charge in [-0.15, -0.1) is 12.4 Å². The highest BCUT2D eigenvalue weighted by atomic mass is 35.5. The Morgan fingerprint density at radius 1 is 1.26 bits per heavy atom. The molecule has 1 aliphatic heterocycles. The molecule has 0 spiro atoms. The van der Waals surface area contributed by atoms with E-state index in [2.05, 4.69) is 10.2 Å². The number of nitrogens with one attached hydrogen (secondary N) is 1. The predicted octanol–water partition coefficient (Wildman–Crippen LogP) is 3.72. The Labute approximate surface area is 129 Å². The lowest BCUT2D eigenvalue weighted by molar-refractivity contribution is 0.157. The van der Waals surface area contributed by atoms with Crippen molar-refractivity contribution in [3.05, 3.63) is 33.8 Å². The van der Waals surface area contributed by atoms with Crippen LogP contribution in [0.15, 0.2) is 18.2 Å². The maximum atomic E-state index is 12.8. The molecule has 1 N–H and O–H groups in total. The number of rotatable bonds is 4. The number of piperazine rings is 1. The van der Waals surface area contributed by atoms with E-state index in [9.17, 15) is 4.39 Å². The van der Waals surface area contributed by atoms with Crippen LogP contribution in [0.2, 0.25) is 10.0 Å². The molecule has 2 nitrogen and oxygen atoms in total. The van der Waals surface area contributed by atoms with Gasteiger partial charge in [0.25, 0.3) is 0 Å². The molecule has 1 heterocycles. The van der Waals surface area contributed by atoms with Crippen LogP contribution in [-0.2, 0) is 0 Å². The summed E-state index contributed by atoms with van der Waals surface area (Å²) < 4.78 is 12.8. The number of benzene rings is 1. The summed E-state index contributed by atoms with van der Waals surface area (Å²) in [5.41, 5.74) is 0.973. The van der Waals surface area contributed by atoms with E-state index >= 15 is 0 Å². The maximum absolute atomic E-state index is 12.8. The van der Waals surface area contributed by atoms with Gasteiger partial charge in [-0.25, -0.2) is 0 Å². The van der Waals surface area contributed by atoms with Crippen LogP contribution in [0.3, 0.4) is 0 Å². The zero-order valence-electron chi connectivity index (χ0n) is 10.5. The molecular weight excluding hydrogens is 310 g/mol. The van der Waals surface area contributed by atoms with E-state index < -0.39 is 0 Å². The SMILES string of the molecule is Cl.FCC[C@H](c1ccc(Cl)cc1Cl)N1CCNCC1. The molecule has 6 heteroatoms. The average molecular weight is 328 g/mol. The van der Waals surface area contributed by atoms with Crippen molar-refractivity contribution in [2.45, 2.75) is 12.5 Å². The first-order chi connectivity index (χ1) is 8.72. The zero-order valence-corrected chi connectivity index (χ0v) is 12.9. The van der Waals surface area contributed by atoms with Crippen LogP contribution < -0.4 is 5.32 Å². The third-order valence-corrected chi connectivity index (χ3v) is 3.86. The predicted molar refractivity (Wildman–Crippen MR) is 81.5 cm³/mol. The molecule has 1 saturated heterocycles. The van der Waals surface area contributed by atoms with Crippen LogP contribution in [0.1, 0.15) is 18.0 Å². The molecule has 1 atom stereocenters. The van der Waals surface area contributed by atoms with Crippen molar-refractivity contribution >= 4 is 35.6 Å². The fourth-order valence-corrected chi connectivity index (χ4v) is 2.94. The van der Waals surface area contributed by atoms with E-state index in [1.165, 1.54) is 0 Å². The molecule has 108 valence electrons. The Balaban J connectivity index is 0.00000180. The minimum atomic E-state index is -0.340. The lowest BCUT2D eigenvalue weighted by Gasteiger charge is -2.35. The first kappa shape index (κ1) is 17.0. The molecule has 2 rings (SSSR count). The first-order valence-electron chi connectivity index (χ1n) is 6.18. The van der Waals surface area contributed by atoms with Gasteiger partial charge in [0.05, 0.1) is 6.67 Å². The number of nitrogens with zero attached hydrogens (tertiary/aromatic N) is 1. The minimum Gasteiger partial charge on any atom is -0.314 e. The van der Waals surface area contributed by atoms with Gasteiger partial charge in [-0.1, -0.05) is 29.3 Å². The Morgan fingerprint density at radius 2 is 1.95 bits per heavy atom. The highest BCUT2D eigenvalue weighted by Gasteiger charge is 2.23. The molecule has 1 aliphatic rings. The van der Waals surface area contributed by atoms with Crippen LogP contribution in [0.4, 0.5) is 4.39 Å². The Bertz CT molecular complexity index is 397. The molecule has 0 aliphatic carbocycles. The summed E-state index contributed by atoms with van der Waals surface area (Å²) in [6.45, 7) is 3.38. The monoisotopic (exact) mass is 326 g/mol. The van der Waals surface area contributed by atoms with E-state index in [1.54, 1.807) is 6.07 Å². The summed E-state index contributed by atoms with van der Waals surface area (Å²) in [7, 11) is 0. The first-order valence-corrected chi connectivity index (χ1v) is 6.93. The lowest BCUT2D eigenvalue weighted by Crippen LogP contribution is -2.45. The van der Waals surface area contributed by atoms with E-state index in [-0.39, 0.29) is 25.1 Å². The van der Waals surface area contributed by atoms with Gasteiger partial charge in [0.1, 0.15) is 0 Å². The molecule has 0 bridgehead atoms. The highest BCUT2D eigenvalue weighted by molar-refractivity contribution is 6.35. The summed E-state index contributed by atoms with van der Waals surface area (Å²) >= 11 is 12.1. The van der Waals surface area contributed by atoms with E-state index in [0.717, 1.165) is 31.7 Å². The Kier molecular flexibility index (Phi) is 7.40. The summed E-state index contributed by atoms with van der Waals surface area (Å²) in [5, 5.41) is 4.54. The largest absolute Gasteiger partial charge is 0.314 e. The van der Waals surface area contributed by atoms with Gasteiger partial charge in [0.2, 0.25) is 0 Å². The van der Waals surface area contributed by atoms with E-state index in [1.807, 2.05) is 12.1 Å². The van der Waals surface area contributed by atoms with Crippen molar-refractivity contribution in [2.24, 2.45) is 0 Å². The van der Waals surface area contributed by atoms with Crippen molar-refractivity contribution in [3.8, 4) is 0 Å². The van der Waals surface area contributed by atoms with Crippen molar-refractivity contribution < 1.29 is 4.39 Å². The molecular formula is C13H18Cl3FN2. The molecule has 0 aromatic heterocycles. The van der Waals surface area contributed by atoms with Crippen LogP contribution in [-0.4, -0.2) is 37.8 Å². The second-order valence-corrected chi connectivity index (χ2v) is 5.29. The number of alkyl halides is 1. The second kappa shape index (κ2) is 8.28. The number of hydrogen-bond acceptors (Lipinski definition) is 2. The van der Waals surface area contributed by atoms with Gasteiger partial charge in [-0.2, -0.15) is 0 Å². The topological polar surface area (TPSA) is 15.3 Å². The number of halogens is 4. The van der Waals surface area contributed by atoms with Crippen LogP contribution in [0, 0.1) is 0 Å². The van der Waals surface area contributed by atoms with Gasteiger partial charge < -0.3 is 5.32 Å². The number of hydrogen-bond donors (Lipinski definition) is 1. The lowest BCUT2D eigenvalue weighted by atomic mass is 10.0. The second-order valence-electron chi connectivity index (χ2n) is 4.45. The smallest absolute Gasteiger partial charge is 0.0912 e. The molecule has 1 aromatic rings. The van der Waals surface area contributed by atoms with Gasteiger partial charge in [-0.05, 0) is 24.1 Å². The third-order valence-electron chi connectivity index (χ3n) is 3.30. The van der Waals surface area contributed by atoms with Crippen molar-refractivity contribution in [2.75, 3.05) is 32.9 Å². The van der Waals surface area contributed by atoms with Crippen LogP contribution in [0.25, 0.3) is 0 Å². The summed E-state index contributed by atoms with van der Waals surface area (Å²) in [6, 6.07) is 5.50. The molecule has 0 amide bonds. The van der Waals surface area contributed by atoms with Crippen LogP contribution >= 0.6 is 35.6 Å². The van der Waals surface area contributed by atoms with Gasteiger partial charge in [0, 0.05) is 42.3 Å². The standard InChI is InChI=1S/C13H17Cl2FN2.ClH/c14-10-1-2-11(12(15)9-10)13(3-4-16)18-7-5-17-6-8-18;/h1-2,9,13,17H,3-8H2;1H/t13-;/m1./s1. The third kappa shape index (κ3) is 4.47. The van der Waals surface area contributed by atoms with Gasteiger partial charge >= 0.3 is 0 Å². The van der Waals surface area contributed by atoms with Crippen molar-refractivity contribution in [1.29, 1.82) is 0 Å². The van der Waals surface area contributed by atoms with Gasteiger partial charge in [-0.3, -0.25) is 9.29 Å².